The van der Waals surface area contributed by atoms with Crippen LogP contribution in [0.2, 0.25) is 0 Å². The van der Waals surface area contributed by atoms with Crippen LogP contribution in [0.4, 0.5) is 0 Å². The fourth-order valence-electron chi connectivity index (χ4n) is 4.52. The van der Waals surface area contributed by atoms with Crippen LogP contribution in [0.25, 0.3) is 0 Å². The third-order valence-corrected chi connectivity index (χ3v) is 5.43. The molecular weight excluding hydrogens is 220 g/mol. The predicted octanol–water partition coefficient (Wildman–Crippen LogP) is 2.86. The van der Waals surface area contributed by atoms with Crippen LogP contribution in [-0.2, 0) is 0 Å². The first-order valence-corrected chi connectivity index (χ1v) is 7.41. The molecule has 1 aromatic carbocycles. The minimum absolute atomic E-state index is 0.256. The van der Waals surface area contributed by atoms with Crippen LogP contribution in [0.3, 0.4) is 0 Å². The van der Waals surface area contributed by atoms with E-state index < -0.39 is 0 Å². The van der Waals surface area contributed by atoms with E-state index in [2.05, 4.69) is 29.2 Å². The molecule has 4 unspecified atom stereocenters. The Labute approximate surface area is 109 Å². The lowest BCUT2D eigenvalue weighted by atomic mass is 10.0. The van der Waals surface area contributed by atoms with Crippen LogP contribution in [0.5, 0.6) is 0 Å². The first-order valence-electron chi connectivity index (χ1n) is 7.41. The number of nitrogens with zero attached hydrogens (tertiary/aromatic N) is 1. The third-order valence-electron chi connectivity index (χ3n) is 5.43. The zero-order valence-corrected chi connectivity index (χ0v) is 10.9. The van der Waals surface area contributed by atoms with E-state index in [9.17, 15) is 0 Å². The Balaban J connectivity index is 1.60. The zero-order valence-electron chi connectivity index (χ0n) is 10.9. The minimum Gasteiger partial charge on any atom is -0.324 e. The molecule has 3 aliphatic rings. The van der Waals surface area contributed by atoms with Crippen LogP contribution in [0.1, 0.15) is 48.9 Å². The molecular formula is C16H22N2. The van der Waals surface area contributed by atoms with Crippen LogP contribution < -0.4 is 5.73 Å². The van der Waals surface area contributed by atoms with Crippen LogP contribution >= 0.6 is 0 Å². The van der Waals surface area contributed by atoms with Crippen molar-refractivity contribution in [2.75, 3.05) is 13.1 Å². The number of likely N-dealkylation sites (tertiary alicyclic amines) is 1. The van der Waals surface area contributed by atoms with Crippen molar-refractivity contribution in [3.05, 3.63) is 35.4 Å². The average molecular weight is 242 g/mol. The molecule has 4 atom stereocenters. The number of benzene rings is 1. The van der Waals surface area contributed by atoms with Gasteiger partial charge < -0.3 is 5.73 Å². The molecule has 0 aromatic heterocycles. The van der Waals surface area contributed by atoms with E-state index in [-0.39, 0.29) is 6.04 Å². The second-order valence-electron chi connectivity index (χ2n) is 6.39. The largest absolute Gasteiger partial charge is 0.324 e. The highest BCUT2D eigenvalue weighted by molar-refractivity contribution is 5.37. The molecule has 0 amide bonds. The average Bonchev–Trinajstić information content (AvgIpc) is 3.02. The van der Waals surface area contributed by atoms with Crippen LogP contribution in [0, 0.1) is 11.8 Å². The summed E-state index contributed by atoms with van der Waals surface area (Å²) < 4.78 is 0. The van der Waals surface area contributed by atoms with Crippen molar-refractivity contribution >= 4 is 0 Å². The van der Waals surface area contributed by atoms with E-state index in [1.54, 1.807) is 0 Å². The Bertz CT molecular complexity index is 444. The molecule has 18 heavy (non-hydrogen) atoms. The van der Waals surface area contributed by atoms with Crippen molar-refractivity contribution in [1.29, 1.82) is 0 Å². The van der Waals surface area contributed by atoms with E-state index in [4.69, 9.17) is 5.73 Å². The number of fused-ring (bicyclic) bond motifs is 2. The van der Waals surface area contributed by atoms with Crippen molar-refractivity contribution in [1.82, 2.24) is 4.90 Å². The van der Waals surface area contributed by atoms with Crippen LogP contribution in [-0.4, -0.2) is 18.0 Å². The molecule has 2 fully saturated rings. The van der Waals surface area contributed by atoms with Crippen molar-refractivity contribution in [2.45, 2.75) is 37.8 Å². The highest BCUT2D eigenvalue weighted by atomic mass is 15.2. The van der Waals surface area contributed by atoms with Gasteiger partial charge in [-0.05, 0) is 42.2 Å². The molecule has 1 aliphatic heterocycles. The maximum atomic E-state index is 6.29. The molecule has 96 valence electrons. The van der Waals surface area contributed by atoms with Gasteiger partial charge >= 0.3 is 0 Å². The predicted molar refractivity (Wildman–Crippen MR) is 73.1 cm³/mol. The van der Waals surface area contributed by atoms with Gasteiger partial charge in [0.05, 0.1) is 0 Å². The van der Waals surface area contributed by atoms with Crippen molar-refractivity contribution in [2.24, 2.45) is 17.6 Å². The van der Waals surface area contributed by atoms with Gasteiger partial charge in [0.25, 0.3) is 0 Å². The fourth-order valence-corrected chi connectivity index (χ4v) is 4.52. The van der Waals surface area contributed by atoms with E-state index in [0.29, 0.717) is 6.04 Å². The molecule has 1 saturated carbocycles. The summed E-state index contributed by atoms with van der Waals surface area (Å²) in [7, 11) is 0. The second kappa shape index (κ2) is 4.07. The molecule has 4 rings (SSSR count). The third kappa shape index (κ3) is 1.55. The number of nitrogens with two attached hydrogens (primary N) is 1. The van der Waals surface area contributed by atoms with E-state index in [1.165, 1.54) is 43.5 Å². The molecule has 2 N–H and O–H groups in total. The lowest BCUT2D eigenvalue weighted by Crippen LogP contribution is -2.26. The summed E-state index contributed by atoms with van der Waals surface area (Å²) in [4.78, 5) is 2.72. The monoisotopic (exact) mass is 242 g/mol. The first kappa shape index (κ1) is 11.0. The second-order valence-corrected chi connectivity index (χ2v) is 6.39. The molecule has 1 aromatic rings. The van der Waals surface area contributed by atoms with Crippen molar-refractivity contribution in [3.8, 4) is 0 Å². The molecule has 1 saturated heterocycles. The highest BCUT2D eigenvalue weighted by Gasteiger charge is 2.41. The van der Waals surface area contributed by atoms with Crippen molar-refractivity contribution in [3.63, 3.8) is 0 Å². The van der Waals surface area contributed by atoms with Gasteiger partial charge in [0.2, 0.25) is 0 Å². The normalized spacial score (nSPS) is 38.9. The smallest absolute Gasteiger partial charge is 0.0369 e. The summed E-state index contributed by atoms with van der Waals surface area (Å²) in [5, 5.41) is 0. The van der Waals surface area contributed by atoms with Gasteiger partial charge in [-0.1, -0.05) is 30.7 Å². The Morgan fingerprint density at radius 1 is 1.00 bits per heavy atom. The van der Waals surface area contributed by atoms with E-state index in [0.717, 1.165) is 18.3 Å². The van der Waals surface area contributed by atoms with Gasteiger partial charge in [-0.15, -0.1) is 0 Å². The van der Waals surface area contributed by atoms with Gasteiger partial charge in [0.1, 0.15) is 0 Å². The summed E-state index contributed by atoms with van der Waals surface area (Å²) in [6.07, 6.45) is 5.51. The summed E-state index contributed by atoms with van der Waals surface area (Å²) >= 11 is 0. The minimum atomic E-state index is 0.256. The highest BCUT2D eigenvalue weighted by Crippen LogP contribution is 2.46. The van der Waals surface area contributed by atoms with Gasteiger partial charge in [-0.3, -0.25) is 4.90 Å². The van der Waals surface area contributed by atoms with E-state index >= 15 is 0 Å². The van der Waals surface area contributed by atoms with E-state index in [1.807, 2.05) is 0 Å². The van der Waals surface area contributed by atoms with Crippen molar-refractivity contribution < 1.29 is 0 Å². The summed E-state index contributed by atoms with van der Waals surface area (Å²) in [5.74, 6) is 1.96. The zero-order chi connectivity index (χ0) is 12.1. The topological polar surface area (TPSA) is 29.3 Å². The maximum Gasteiger partial charge on any atom is 0.0369 e. The standard InChI is InChI=1S/C16H22N2/c17-15-8-16(14-7-2-1-6-13(14)15)18-9-11-4-3-5-12(11)10-18/h1-2,6-7,11-12,15-16H,3-5,8-10,17H2. The molecule has 0 bridgehead atoms. The summed E-state index contributed by atoms with van der Waals surface area (Å²) in [6, 6.07) is 9.66. The summed E-state index contributed by atoms with van der Waals surface area (Å²) in [6.45, 7) is 2.63. The number of hydrogen-bond donors (Lipinski definition) is 1. The lowest BCUT2D eigenvalue weighted by Gasteiger charge is -2.25. The van der Waals surface area contributed by atoms with Crippen LogP contribution in [0.15, 0.2) is 24.3 Å². The maximum absolute atomic E-state index is 6.29. The summed E-state index contributed by atoms with van der Waals surface area (Å²) in [5.41, 5.74) is 9.19. The Morgan fingerprint density at radius 2 is 1.67 bits per heavy atom. The van der Waals surface area contributed by atoms with Gasteiger partial charge in [0.15, 0.2) is 0 Å². The SMILES string of the molecule is NC1CC(N2CC3CCCC3C2)c2ccccc21. The Morgan fingerprint density at radius 3 is 2.39 bits per heavy atom. The van der Waals surface area contributed by atoms with Gasteiger partial charge in [-0.25, -0.2) is 0 Å². The lowest BCUT2D eigenvalue weighted by molar-refractivity contribution is 0.220. The number of hydrogen-bond acceptors (Lipinski definition) is 2. The molecule has 2 aliphatic carbocycles. The molecule has 0 radical (unpaired) electrons. The Kier molecular flexibility index (Phi) is 2.49. The Hall–Kier alpha value is -0.860. The number of rotatable bonds is 1. The first-order chi connectivity index (χ1) is 8.83. The molecule has 0 spiro atoms. The quantitative estimate of drug-likeness (QED) is 0.820. The van der Waals surface area contributed by atoms with Gasteiger partial charge in [-0.2, -0.15) is 0 Å². The molecule has 1 heterocycles. The molecule has 2 nitrogen and oxygen atoms in total. The fraction of sp³-hybridized carbons (Fsp3) is 0.625. The molecule has 2 heteroatoms. The van der Waals surface area contributed by atoms with Gasteiger partial charge in [0, 0.05) is 25.2 Å².